The SMILES string of the molecule is CNC(C)(CCCCN1CC(C)(C)OC(C)(C)C1)C(=O)O. The van der Waals surface area contributed by atoms with Gasteiger partial charge in [0.1, 0.15) is 5.54 Å². The van der Waals surface area contributed by atoms with Gasteiger partial charge in [0.05, 0.1) is 11.2 Å². The van der Waals surface area contributed by atoms with Crippen molar-refractivity contribution in [3.8, 4) is 0 Å². The van der Waals surface area contributed by atoms with Gasteiger partial charge >= 0.3 is 5.97 Å². The van der Waals surface area contributed by atoms with Crippen molar-refractivity contribution in [2.24, 2.45) is 0 Å². The van der Waals surface area contributed by atoms with E-state index in [4.69, 9.17) is 4.74 Å². The molecule has 1 heterocycles. The van der Waals surface area contributed by atoms with Crippen molar-refractivity contribution in [3.63, 3.8) is 0 Å². The molecular formula is C16H32N2O3. The molecular weight excluding hydrogens is 268 g/mol. The zero-order chi connectivity index (χ0) is 16.3. The third kappa shape index (κ3) is 5.57. The first kappa shape index (κ1) is 18.4. The van der Waals surface area contributed by atoms with E-state index < -0.39 is 11.5 Å². The van der Waals surface area contributed by atoms with Gasteiger partial charge in [0.2, 0.25) is 0 Å². The molecule has 5 nitrogen and oxygen atoms in total. The van der Waals surface area contributed by atoms with Gasteiger partial charge in [-0.1, -0.05) is 0 Å². The maximum absolute atomic E-state index is 11.2. The van der Waals surface area contributed by atoms with Gasteiger partial charge in [0, 0.05) is 13.1 Å². The number of carboxylic acids is 1. The molecule has 2 N–H and O–H groups in total. The molecule has 0 aliphatic carbocycles. The summed E-state index contributed by atoms with van der Waals surface area (Å²) in [6, 6.07) is 0. The molecule has 0 aromatic heterocycles. The Morgan fingerprint density at radius 2 is 1.76 bits per heavy atom. The lowest BCUT2D eigenvalue weighted by Crippen LogP contribution is -2.57. The zero-order valence-corrected chi connectivity index (χ0v) is 14.5. The van der Waals surface area contributed by atoms with E-state index in [1.165, 1.54) is 0 Å². The molecule has 124 valence electrons. The van der Waals surface area contributed by atoms with Crippen LogP contribution in [-0.2, 0) is 9.53 Å². The second-order valence-electron chi connectivity index (χ2n) is 7.68. The normalized spacial score (nSPS) is 24.5. The number of hydrogen-bond donors (Lipinski definition) is 2. The summed E-state index contributed by atoms with van der Waals surface area (Å²) in [4.78, 5) is 13.7. The van der Waals surface area contributed by atoms with E-state index in [1.807, 2.05) is 0 Å². The lowest BCUT2D eigenvalue weighted by molar-refractivity contribution is -0.180. The minimum absolute atomic E-state index is 0.123. The van der Waals surface area contributed by atoms with Crippen molar-refractivity contribution >= 4 is 5.97 Å². The van der Waals surface area contributed by atoms with Gasteiger partial charge in [-0.25, -0.2) is 0 Å². The molecule has 1 aliphatic rings. The molecule has 0 amide bonds. The van der Waals surface area contributed by atoms with Gasteiger partial charge < -0.3 is 15.2 Å². The zero-order valence-electron chi connectivity index (χ0n) is 14.5. The fraction of sp³-hybridized carbons (Fsp3) is 0.938. The summed E-state index contributed by atoms with van der Waals surface area (Å²) < 4.78 is 6.07. The number of nitrogens with one attached hydrogen (secondary N) is 1. The first-order valence-corrected chi connectivity index (χ1v) is 7.85. The Kier molecular flexibility index (Phi) is 5.81. The Labute approximate surface area is 129 Å². The highest BCUT2D eigenvalue weighted by Crippen LogP contribution is 2.28. The first-order chi connectivity index (χ1) is 9.50. The molecule has 21 heavy (non-hydrogen) atoms. The van der Waals surface area contributed by atoms with Crippen LogP contribution < -0.4 is 5.32 Å². The Hall–Kier alpha value is -0.650. The van der Waals surface area contributed by atoms with Crippen molar-refractivity contribution in [1.29, 1.82) is 0 Å². The lowest BCUT2D eigenvalue weighted by Gasteiger charge is -2.47. The summed E-state index contributed by atoms with van der Waals surface area (Å²) in [6.07, 6.45) is 2.56. The van der Waals surface area contributed by atoms with Crippen molar-refractivity contribution in [3.05, 3.63) is 0 Å². The van der Waals surface area contributed by atoms with E-state index in [0.717, 1.165) is 32.5 Å². The highest BCUT2D eigenvalue weighted by molar-refractivity contribution is 5.78. The Morgan fingerprint density at radius 1 is 1.24 bits per heavy atom. The van der Waals surface area contributed by atoms with E-state index in [2.05, 4.69) is 37.9 Å². The standard InChI is InChI=1S/C16H32N2O3/c1-14(2)11-18(12-15(3,4)21-14)10-8-7-9-16(5,17-6)13(19)20/h17H,7-12H2,1-6H3,(H,19,20). The average molecular weight is 300 g/mol. The third-order valence-corrected chi connectivity index (χ3v) is 4.19. The summed E-state index contributed by atoms with van der Waals surface area (Å²) in [7, 11) is 1.71. The van der Waals surface area contributed by atoms with E-state index in [-0.39, 0.29) is 11.2 Å². The molecule has 5 heteroatoms. The average Bonchev–Trinajstić information content (AvgIpc) is 2.30. The van der Waals surface area contributed by atoms with Gasteiger partial charge in [-0.05, 0) is 67.5 Å². The quantitative estimate of drug-likeness (QED) is 0.705. The van der Waals surface area contributed by atoms with Gasteiger partial charge in [0.15, 0.2) is 0 Å². The number of nitrogens with zero attached hydrogens (tertiary/aromatic N) is 1. The van der Waals surface area contributed by atoms with Crippen LogP contribution in [-0.4, -0.2) is 59.4 Å². The maximum atomic E-state index is 11.2. The molecule has 1 rings (SSSR count). The second-order valence-corrected chi connectivity index (χ2v) is 7.68. The van der Waals surface area contributed by atoms with E-state index in [1.54, 1.807) is 14.0 Å². The van der Waals surface area contributed by atoms with Crippen molar-refractivity contribution in [2.45, 2.75) is 70.6 Å². The molecule has 1 atom stereocenters. The molecule has 0 bridgehead atoms. The Balaban J connectivity index is 2.41. The molecule has 0 spiro atoms. The summed E-state index contributed by atoms with van der Waals surface area (Å²) in [5, 5.41) is 12.1. The van der Waals surface area contributed by atoms with Gasteiger partial charge in [0.25, 0.3) is 0 Å². The van der Waals surface area contributed by atoms with Crippen LogP contribution in [0, 0.1) is 0 Å². The maximum Gasteiger partial charge on any atom is 0.323 e. The number of carbonyl (C=O) groups is 1. The van der Waals surface area contributed by atoms with Gasteiger partial charge in [-0.15, -0.1) is 0 Å². The van der Waals surface area contributed by atoms with Crippen molar-refractivity contribution < 1.29 is 14.6 Å². The molecule has 0 saturated carbocycles. The number of aliphatic carboxylic acids is 1. The number of unbranched alkanes of at least 4 members (excludes halogenated alkanes) is 1. The molecule has 1 saturated heterocycles. The Morgan fingerprint density at radius 3 is 2.19 bits per heavy atom. The van der Waals surface area contributed by atoms with Crippen molar-refractivity contribution in [2.75, 3.05) is 26.7 Å². The highest BCUT2D eigenvalue weighted by atomic mass is 16.5. The lowest BCUT2D eigenvalue weighted by atomic mass is 9.94. The van der Waals surface area contributed by atoms with Crippen LogP contribution in [0.25, 0.3) is 0 Å². The summed E-state index contributed by atoms with van der Waals surface area (Å²) in [5.41, 5.74) is -1.06. The van der Waals surface area contributed by atoms with Crippen LogP contribution in [0.1, 0.15) is 53.9 Å². The molecule has 1 unspecified atom stereocenters. The van der Waals surface area contributed by atoms with Crippen LogP contribution >= 0.6 is 0 Å². The highest BCUT2D eigenvalue weighted by Gasteiger charge is 2.37. The number of ether oxygens (including phenoxy) is 1. The van der Waals surface area contributed by atoms with Crippen molar-refractivity contribution in [1.82, 2.24) is 10.2 Å². The molecule has 0 radical (unpaired) electrons. The largest absolute Gasteiger partial charge is 0.480 e. The first-order valence-electron chi connectivity index (χ1n) is 7.85. The minimum atomic E-state index is -0.816. The predicted molar refractivity (Wildman–Crippen MR) is 84.6 cm³/mol. The number of likely N-dealkylation sites (N-methyl/N-ethyl adjacent to an activating group) is 1. The summed E-state index contributed by atoms with van der Waals surface area (Å²) >= 11 is 0. The molecule has 1 fully saturated rings. The molecule has 0 aromatic rings. The topological polar surface area (TPSA) is 61.8 Å². The summed E-state index contributed by atoms with van der Waals surface area (Å²) in [6.45, 7) is 13.1. The van der Waals surface area contributed by atoms with E-state index in [0.29, 0.717) is 6.42 Å². The number of morpholine rings is 1. The Bertz CT molecular complexity index is 353. The molecule has 1 aliphatic heterocycles. The fourth-order valence-electron chi connectivity index (χ4n) is 3.26. The van der Waals surface area contributed by atoms with Gasteiger partial charge in [-0.3, -0.25) is 9.69 Å². The monoisotopic (exact) mass is 300 g/mol. The number of rotatable bonds is 7. The third-order valence-electron chi connectivity index (χ3n) is 4.19. The van der Waals surface area contributed by atoms with E-state index >= 15 is 0 Å². The van der Waals surface area contributed by atoms with Crippen LogP contribution in [0.3, 0.4) is 0 Å². The van der Waals surface area contributed by atoms with Crippen LogP contribution in [0.15, 0.2) is 0 Å². The smallest absolute Gasteiger partial charge is 0.323 e. The van der Waals surface area contributed by atoms with Crippen LogP contribution in [0.2, 0.25) is 0 Å². The number of carboxylic acid groups (broad SMARTS) is 1. The van der Waals surface area contributed by atoms with E-state index in [9.17, 15) is 9.90 Å². The second kappa shape index (κ2) is 6.63. The van der Waals surface area contributed by atoms with Gasteiger partial charge in [-0.2, -0.15) is 0 Å². The number of hydrogen-bond acceptors (Lipinski definition) is 4. The van der Waals surface area contributed by atoms with Crippen LogP contribution in [0.4, 0.5) is 0 Å². The fourth-order valence-corrected chi connectivity index (χ4v) is 3.26. The predicted octanol–water partition coefficient (Wildman–Crippen LogP) is 2.11. The van der Waals surface area contributed by atoms with Crippen LogP contribution in [0.5, 0.6) is 0 Å². The summed E-state index contributed by atoms with van der Waals surface area (Å²) in [5.74, 6) is -0.779. The minimum Gasteiger partial charge on any atom is -0.480 e. The molecule has 0 aromatic carbocycles.